The molecule has 0 aliphatic carbocycles. The number of rotatable bonds is 5. The molecule has 130 valence electrons. The fraction of sp³-hybridized carbons (Fsp3) is 0.211. The van der Waals surface area contributed by atoms with Crippen LogP contribution in [-0.2, 0) is 9.84 Å². The number of furan rings is 1. The topological polar surface area (TPSA) is 76.4 Å². The number of anilines is 1. The van der Waals surface area contributed by atoms with Crippen molar-refractivity contribution in [2.24, 2.45) is 0 Å². The van der Waals surface area contributed by atoms with Crippen LogP contribution in [0, 0.1) is 0 Å². The number of nitrogens with one attached hydrogen (secondary N) is 1. The fourth-order valence-electron chi connectivity index (χ4n) is 2.71. The van der Waals surface area contributed by atoms with Crippen LogP contribution >= 0.6 is 0 Å². The predicted molar refractivity (Wildman–Crippen MR) is 97.8 cm³/mol. The standard InChI is InChI=1S/C19H19NO4S/c1-12(18-11-15-6-4-5-7-17(15)24-18)20-16-10-14(13(2)21)8-9-19(16)25(3,22)23/h4-12,20H,1-3H3/t12-/m1/s1. The maximum atomic E-state index is 12.0. The summed E-state index contributed by atoms with van der Waals surface area (Å²) in [7, 11) is -3.43. The van der Waals surface area contributed by atoms with E-state index in [2.05, 4.69) is 5.32 Å². The highest BCUT2D eigenvalue weighted by Crippen LogP contribution is 2.30. The third-order valence-corrected chi connectivity index (χ3v) is 5.18. The SMILES string of the molecule is CC(=O)c1ccc(S(C)(=O)=O)c(N[C@H](C)c2cc3ccccc3o2)c1. The monoisotopic (exact) mass is 357 g/mol. The van der Waals surface area contributed by atoms with Gasteiger partial charge in [0.05, 0.1) is 16.6 Å². The van der Waals surface area contributed by atoms with Crippen molar-refractivity contribution in [3.8, 4) is 0 Å². The number of carbonyl (C=O) groups is 1. The van der Waals surface area contributed by atoms with Gasteiger partial charge in [-0.3, -0.25) is 4.79 Å². The first-order valence-corrected chi connectivity index (χ1v) is 9.75. The number of Topliss-reactive ketones (excluding diaryl/α,β-unsaturated/α-hetero) is 1. The lowest BCUT2D eigenvalue weighted by Gasteiger charge is -2.16. The van der Waals surface area contributed by atoms with E-state index in [1.807, 2.05) is 37.3 Å². The molecule has 1 atom stereocenters. The Balaban J connectivity index is 2.00. The Morgan fingerprint density at radius 3 is 2.48 bits per heavy atom. The van der Waals surface area contributed by atoms with Crippen molar-refractivity contribution < 1.29 is 17.6 Å². The molecule has 1 aromatic heterocycles. The van der Waals surface area contributed by atoms with Gasteiger partial charge in [0.15, 0.2) is 15.6 Å². The zero-order valence-electron chi connectivity index (χ0n) is 14.2. The van der Waals surface area contributed by atoms with Crippen molar-refractivity contribution in [1.82, 2.24) is 0 Å². The Hall–Kier alpha value is -2.60. The summed E-state index contributed by atoms with van der Waals surface area (Å²) in [6.07, 6.45) is 1.15. The number of hydrogen-bond acceptors (Lipinski definition) is 5. The maximum Gasteiger partial charge on any atom is 0.177 e. The van der Waals surface area contributed by atoms with Gasteiger partial charge >= 0.3 is 0 Å². The van der Waals surface area contributed by atoms with Gasteiger partial charge in [0.25, 0.3) is 0 Å². The second-order valence-corrected chi connectivity index (χ2v) is 8.08. The van der Waals surface area contributed by atoms with Gasteiger partial charge < -0.3 is 9.73 Å². The Kier molecular flexibility index (Phi) is 4.39. The van der Waals surface area contributed by atoms with Gasteiger partial charge in [0, 0.05) is 17.2 Å². The molecule has 6 heteroatoms. The van der Waals surface area contributed by atoms with Gasteiger partial charge in [-0.1, -0.05) is 18.2 Å². The molecule has 0 saturated heterocycles. The average molecular weight is 357 g/mol. The van der Waals surface area contributed by atoms with Crippen LogP contribution in [0.25, 0.3) is 11.0 Å². The molecule has 0 unspecified atom stereocenters. The fourth-order valence-corrected chi connectivity index (χ4v) is 3.54. The molecule has 0 radical (unpaired) electrons. The highest BCUT2D eigenvalue weighted by molar-refractivity contribution is 7.90. The molecule has 1 heterocycles. The molecule has 5 nitrogen and oxygen atoms in total. The molecule has 0 aliphatic rings. The summed E-state index contributed by atoms with van der Waals surface area (Å²) in [5.41, 5.74) is 1.61. The number of fused-ring (bicyclic) bond motifs is 1. The third kappa shape index (κ3) is 3.58. The lowest BCUT2D eigenvalue weighted by molar-refractivity contribution is 0.101. The molecule has 25 heavy (non-hydrogen) atoms. The molecular weight excluding hydrogens is 338 g/mol. The molecule has 0 bridgehead atoms. The van der Waals surface area contributed by atoms with Crippen molar-refractivity contribution in [3.63, 3.8) is 0 Å². The zero-order chi connectivity index (χ0) is 18.2. The van der Waals surface area contributed by atoms with Crippen LogP contribution < -0.4 is 5.32 Å². The third-order valence-electron chi connectivity index (χ3n) is 4.03. The van der Waals surface area contributed by atoms with Gasteiger partial charge in [-0.2, -0.15) is 0 Å². The van der Waals surface area contributed by atoms with E-state index in [1.165, 1.54) is 19.1 Å². The van der Waals surface area contributed by atoms with E-state index >= 15 is 0 Å². The Bertz CT molecular complexity index is 1020. The minimum Gasteiger partial charge on any atom is -0.459 e. The van der Waals surface area contributed by atoms with E-state index in [4.69, 9.17) is 4.42 Å². The molecule has 0 saturated carbocycles. The van der Waals surface area contributed by atoms with Crippen LogP contribution in [0.3, 0.4) is 0 Å². The molecule has 3 rings (SSSR count). The average Bonchev–Trinajstić information content (AvgIpc) is 2.97. The largest absolute Gasteiger partial charge is 0.459 e. The summed E-state index contributed by atoms with van der Waals surface area (Å²) in [4.78, 5) is 11.8. The lowest BCUT2D eigenvalue weighted by atomic mass is 10.1. The van der Waals surface area contributed by atoms with E-state index in [9.17, 15) is 13.2 Å². The molecule has 3 aromatic rings. The van der Waals surface area contributed by atoms with Gasteiger partial charge in [-0.05, 0) is 44.2 Å². The van der Waals surface area contributed by atoms with E-state index in [1.54, 1.807) is 6.07 Å². The zero-order valence-corrected chi connectivity index (χ0v) is 15.1. The number of para-hydroxylation sites is 1. The molecular formula is C19H19NO4S. The van der Waals surface area contributed by atoms with Crippen LogP contribution in [0.4, 0.5) is 5.69 Å². The van der Waals surface area contributed by atoms with E-state index in [-0.39, 0.29) is 16.7 Å². The van der Waals surface area contributed by atoms with E-state index in [0.29, 0.717) is 17.0 Å². The van der Waals surface area contributed by atoms with Crippen LogP contribution in [0.2, 0.25) is 0 Å². The summed E-state index contributed by atoms with van der Waals surface area (Å²) in [6, 6.07) is 13.9. The van der Waals surface area contributed by atoms with Crippen molar-refractivity contribution in [1.29, 1.82) is 0 Å². The summed E-state index contributed by atoms with van der Waals surface area (Å²) in [5.74, 6) is 0.563. The van der Waals surface area contributed by atoms with Crippen molar-refractivity contribution in [3.05, 3.63) is 59.9 Å². The normalized spacial score (nSPS) is 12.9. The first-order valence-electron chi connectivity index (χ1n) is 7.86. The number of ketones is 1. The minimum atomic E-state index is -3.43. The van der Waals surface area contributed by atoms with Crippen LogP contribution in [-0.4, -0.2) is 20.5 Å². The van der Waals surface area contributed by atoms with E-state index in [0.717, 1.165) is 17.2 Å². The van der Waals surface area contributed by atoms with Gasteiger partial charge in [-0.15, -0.1) is 0 Å². The smallest absolute Gasteiger partial charge is 0.177 e. The molecule has 0 fully saturated rings. The summed E-state index contributed by atoms with van der Waals surface area (Å²) >= 11 is 0. The van der Waals surface area contributed by atoms with Crippen LogP contribution in [0.1, 0.15) is 36.0 Å². The second kappa shape index (κ2) is 6.37. The maximum absolute atomic E-state index is 12.0. The summed E-state index contributed by atoms with van der Waals surface area (Å²) in [6.45, 7) is 3.33. The molecule has 2 aromatic carbocycles. The summed E-state index contributed by atoms with van der Waals surface area (Å²) < 4.78 is 29.9. The summed E-state index contributed by atoms with van der Waals surface area (Å²) in [5, 5.41) is 4.14. The number of sulfone groups is 1. The Labute approximate surface area is 146 Å². The van der Waals surface area contributed by atoms with Gasteiger partial charge in [0.1, 0.15) is 11.3 Å². The molecule has 1 N–H and O–H groups in total. The van der Waals surface area contributed by atoms with Crippen molar-refractivity contribution >= 4 is 32.3 Å². The number of carbonyl (C=O) groups excluding carboxylic acids is 1. The highest BCUT2D eigenvalue weighted by atomic mass is 32.2. The number of hydrogen-bond donors (Lipinski definition) is 1. The molecule has 0 spiro atoms. The first kappa shape index (κ1) is 17.2. The van der Waals surface area contributed by atoms with Crippen molar-refractivity contribution in [2.75, 3.05) is 11.6 Å². The van der Waals surface area contributed by atoms with Crippen LogP contribution in [0.5, 0.6) is 0 Å². The van der Waals surface area contributed by atoms with Crippen molar-refractivity contribution in [2.45, 2.75) is 24.8 Å². The lowest BCUT2D eigenvalue weighted by Crippen LogP contribution is -2.11. The number of benzene rings is 2. The minimum absolute atomic E-state index is 0.125. The van der Waals surface area contributed by atoms with Crippen LogP contribution in [0.15, 0.2) is 57.8 Å². The Morgan fingerprint density at radius 1 is 1.12 bits per heavy atom. The predicted octanol–water partition coefficient (Wildman–Crippen LogP) is 4.21. The van der Waals surface area contributed by atoms with E-state index < -0.39 is 9.84 Å². The molecule has 0 amide bonds. The Morgan fingerprint density at radius 2 is 1.84 bits per heavy atom. The van der Waals surface area contributed by atoms with Gasteiger partial charge in [0.2, 0.25) is 0 Å². The first-order chi connectivity index (χ1) is 11.8. The molecule has 0 aliphatic heterocycles. The quantitative estimate of drug-likeness (QED) is 0.692. The second-order valence-electron chi connectivity index (χ2n) is 6.09. The van der Waals surface area contributed by atoms with Gasteiger partial charge in [-0.25, -0.2) is 8.42 Å². The highest BCUT2D eigenvalue weighted by Gasteiger charge is 2.18.